The number of likely N-dealkylation sites (tertiary alicyclic amines) is 1. The first kappa shape index (κ1) is 20.0. The van der Waals surface area contributed by atoms with Crippen LogP contribution in [0.2, 0.25) is 0 Å². The van der Waals surface area contributed by atoms with Crippen molar-refractivity contribution in [3.05, 3.63) is 65.0 Å². The summed E-state index contributed by atoms with van der Waals surface area (Å²) in [5.41, 5.74) is 8.27. The van der Waals surface area contributed by atoms with E-state index in [0.29, 0.717) is 11.3 Å². The van der Waals surface area contributed by atoms with Gasteiger partial charge in [0.2, 0.25) is 5.91 Å². The van der Waals surface area contributed by atoms with E-state index in [-0.39, 0.29) is 30.1 Å². The molecule has 1 saturated heterocycles. The Hall–Kier alpha value is -2.77. The van der Waals surface area contributed by atoms with E-state index in [0.717, 1.165) is 25.9 Å². The molecule has 2 aromatic rings. The maximum Gasteiger partial charge on any atom is 0.336 e. The fourth-order valence-electron chi connectivity index (χ4n) is 3.96. The minimum atomic E-state index is -0.987. The topological polar surface area (TPSA) is 109 Å². The summed E-state index contributed by atoms with van der Waals surface area (Å²) in [7, 11) is 0. The number of rotatable bonds is 7. The fraction of sp³-hybridized carbons (Fsp3) is 0.381. The Bertz CT molecular complexity index is 841. The van der Waals surface area contributed by atoms with Gasteiger partial charge in [-0.2, -0.15) is 0 Å². The predicted molar refractivity (Wildman–Crippen MR) is 106 cm³/mol. The molecule has 2 heterocycles. The van der Waals surface area contributed by atoms with Crippen LogP contribution in [0.25, 0.3) is 0 Å². The highest BCUT2D eigenvalue weighted by Crippen LogP contribution is 2.35. The number of pyridine rings is 1. The number of aromatic nitrogens is 1. The maximum atomic E-state index is 11.9. The maximum absolute atomic E-state index is 11.9. The van der Waals surface area contributed by atoms with Gasteiger partial charge in [-0.3, -0.25) is 14.7 Å². The number of aromatic carboxylic acids is 1. The van der Waals surface area contributed by atoms with Gasteiger partial charge < -0.3 is 16.2 Å². The average molecular weight is 382 g/mol. The smallest absolute Gasteiger partial charge is 0.336 e. The number of carbonyl (C=O) groups excluding carboxylic acids is 1. The molecule has 0 aliphatic carbocycles. The number of hydrogen-bond acceptors (Lipinski definition) is 5. The molecule has 1 fully saturated rings. The Kier molecular flexibility index (Phi) is 6.38. The SMILES string of the molecule is Cc1nccc(C(=O)O)c1C1C(NC(=O)CN)CCN1CCc1ccccc1. The summed E-state index contributed by atoms with van der Waals surface area (Å²) in [6.07, 6.45) is 3.09. The average Bonchev–Trinajstić information content (AvgIpc) is 3.08. The summed E-state index contributed by atoms with van der Waals surface area (Å²) >= 11 is 0. The molecular formula is C21H26N4O3. The molecule has 0 bridgehead atoms. The van der Waals surface area contributed by atoms with Crippen LogP contribution in [0.4, 0.5) is 0 Å². The van der Waals surface area contributed by atoms with E-state index in [2.05, 4.69) is 27.3 Å². The fourth-order valence-corrected chi connectivity index (χ4v) is 3.96. The molecule has 1 amide bonds. The summed E-state index contributed by atoms with van der Waals surface area (Å²) in [6, 6.07) is 11.2. The van der Waals surface area contributed by atoms with Gasteiger partial charge in [-0.05, 0) is 31.4 Å². The number of carbonyl (C=O) groups is 2. The number of carboxylic acids is 1. The number of hydrogen-bond donors (Lipinski definition) is 3. The second-order valence-corrected chi connectivity index (χ2v) is 7.05. The Morgan fingerprint density at radius 3 is 2.71 bits per heavy atom. The molecule has 1 aliphatic rings. The molecule has 1 aromatic carbocycles. The number of nitrogens with zero attached hydrogens (tertiary/aromatic N) is 2. The molecule has 7 nitrogen and oxygen atoms in total. The van der Waals surface area contributed by atoms with Gasteiger partial charge in [0.1, 0.15) is 0 Å². The summed E-state index contributed by atoms with van der Waals surface area (Å²) in [5, 5.41) is 12.7. The van der Waals surface area contributed by atoms with Gasteiger partial charge in [0.05, 0.1) is 18.2 Å². The molecule has 2 unspecified atom stereocenters. The van der Waals surface area contributed by atoms with Crippen molar-refractivity contribution in [1.29, 1.82) is 0 Å². The lowest BCUT2D eigenvalue weighted by Crippen LogP contribution is -2.43. The first-order valence-electron chi connectivity index (χ1n) is 9.47. The first-order valence-corrected chi connectivity index (χ1v) is 9.47. The number of nitrogens with one attached hydrogen (secondary N) is 1. The molecule has 3 rings (SSSR count). The Morgan fingerprint density at radius 1 is 1.29 bits per heavy atom. The standard InChI is InChI=1S/C21H26N4O3/c1-14-19(16(21(27)28)7-10-23-14)20-17(24-18(26)13-22)9-12-25(20)11-8-15-5-3-2-4-6-15/h2-7,10,17,20H,8-9,11-13,22H2,1H3,(H,24,26)(H,27,28). The van der Waals surface area contributed by atoms with E-state index in [1.165, 1.54) is 17.8 Å². The van der Waals surface area contributed by atoms with Gasteiger partial charge in [-0.1, -0.05) is 30.3 Å². The van der Waals surface area contributed by atoms with Crippen molar-refractivity contribution in [3.63, 3.8) is 0 Å². The van der Waals surface area contributed by atoms with Gasteiger partial charge in [-0.15, -0.1) is 0 Å². The molecule has 4 N–H and O–H groups in total. The Morgan fingerprint density at radius 2 is 2.04 bits per heavy atom. The van der Waals surface area contributed by atoms with Crippen molar-refractivity contribution >= 4 is 11.9 Å². The van der Waals surface area contributed by atoms with Crippen LogP contribution in [-0.4, -0.2) is 52.5 Å². The third-order valence-corrected chi connectivity index (χ3v) is 5.28. The number of amides is 1. The van der Waals surface area contributed by atoms with Crippen molar-refractivity contribution in [1.82, 2.24) is 15.2 Å². The zero-order chi connectivity index (χ0) is 20.1. The van der Waals surface area contributed by atoms with E-state index in [4.69, 9.17) is 5.73 Å². The normalized spacial score (nSPS) is 19.5. The van der Waals surface area contributed by atoms with E-state index < -0.39 is 5.97 Å². The van der Waals surface area contributed by atoms with Crippen LogP contribution < -0.4 is 11.1 Å². The molecule has 2 atom stereocenters. The van der Waals surface area contributed by atoms with Crippen LogP contribution in [0.5, 0.6) is 0 Å². The molecular weight excluding hydrogens is 356 g/mol. The van der Waals surface area contributed by atoms with Gasteiger partial charge in [0, 0.05) is 36.6 Å². The van der Waals surface area contributed by atoms with Crippen molar-refractivity contribution in [2.75, 3.05) is 19.6 Å². The lowest BCUT2D eigenvalue weighted by Gasteiger charge is -2.31. The summed E-state index contributed by atoms with van der Waals surface area (Å²) in [6.45, 7) is 3.25. The first-order chi connectivity index (χ1) is 13.5. The van der Waals surface area contributed by atoms with Crippen LogP contribution >= 0.6 is 0 Å². The van der Waals surface area contributed by atoms with E-state index in [1.807, 2.05) is 25.1 Å². The van der Waals surface area contributed by atoms with Gasteiger partial charge >= 0.3 is 5.97 Å². The van der Waals surface area contributed by atoms with Crippen molar-refractivity contribution in [2.45, 2.75) is 31.8 Å². The molecule has 7 heteroatoms. The second-order valence-electron chi connectivity index (χ2n) is 7.05. The molecule has 0 radical (unpaired) electrons. The molecule has 0 spiro atoms. The molecule has 148 valence electrons. The zero-order valence-electron chi connectivity index (χ0n) is 16.0. The summed E-state index contributed by atoms with van der Waals surface area (Å²) < 4.78 is 0. The Balaban J connectivity index is 1.92. The van der Waals surface area contributed by atoms with Crippen LogP contribution in [0, 0.1) is 6.92 Å². The second kappa shape index (κ2) is 8.95. The third kappa shape index (κ3) is 4.37. The lowest BCUT2D eigenvalue weighted by atomic mass is 9.93. The van der Waals surface area contributed by atoms with Gasteiger partial charge in [0.25, 0.3) is 0 Å². The van der Waals surface area contributed by atoms with Crippen molar-refractivity contribution < 1.29 is 14.7 Å². The van der Waals surface area contributed by atoms with E-state index in [9.17, 15) is 14.7 Å². The molecule has 28 heavy (non-hydrogen) atoms. The van der Waals surface area contributed by atoms with Crippen LogP contribution in [0.1, 0.15) is 39.6 Å². The predicted octanol–water partition coefficient (Wildman–Crippen LogP) is 1.52. The number of carboxylic acid groups (broad SMARTS) is 1. The minimum absolute atomic E-state index is 0.0922. The van der Waals surface area contributed by atoms with Crippen LogP contribution in [0.3, 0.4) is 0 Å². The third-order valence-electron chi connectivity index (χ3n) is 5.28. The molecule has 0 saturated carbocycles. The number of aryl methyl sites for hydroxylation is 1. The molecule has 1 aliphatic heterocycles. The Labute approximate surface area is 164 Å². The lowest BCUT2D eigenvalue weighted by molar-refractivity contribution is -0.120. The van der Waals surface area contributed by atoms with E-state index >= 15 is 0 Å². The number of nitrogens with two attached hydrogens (primary N) is 1. The van der Waals surface area contributed by atoms with Crippen molar-refractivity contribution in [2.24, 2.45) is 5.73 Å². The molecule has 1 aromatic heterocycles. The summed E-state index contributed by atoms with van der Waals surface area (Å²) in [4.78, 5) is 30.4. The minimum Gasteiger partial charge on any atom is -0.478 e. The van der Waals surface area contributed by atoms with Crippen molar-refractivity contribution in [3.8, 4) is 0 Å². The highest BCUT2D eigenvalue weighted by Gasteiger charge is 2.39. The monoisotopic (exact) mass is 382 g/mol. The highest BCUT2D eigenvalue weighted by molar-refractivity contribution is 5.90. The number of benzene rings is 1. The zero-order valence-corrected chi connectivity index (χ0v) is 16.0. The highest BCUT2D eigenvalue weighted by atomic mass is 16.4. The van der Waals surface area contributed by atoms with E-state index in [1.54, 1.807) is 0 Å². The largest absolute Gasteiger partial charge is 0.478 e. The quantitative estimate of drug-likeness (QED) is 0.670. The van der Waals surface area contributed by atoms with Gasteiger partial charge in [-0.25, -0.2) is 4.79 Å². The van der Waals surface area contributed by atoms with Crippen LogP contribution in [0.15, 0.2) is 42.6 Å². The summed E-state index contributed by atoms with van der Waals surface area (Å²) in [5.74, 6) is -1.22. The van der Waals surface area contributed by atoms with Crippen LogP contribution in [-0.2, 0) is 11.2 Å². The van der Waals surface area contributed by atoms with Gasteiger partial charge in [0.15, 0.2) is 0 Å².